The first-order valence-electron chi connectivity index (χ1n) is 6.00. The molecule has 90 valence electrons. The Bertz CT molecular complexity index is 952. The number of rotatable bonds is 0. The van der Waals surface area contributed by atoms with Crippen LogP contribution in [0.1, 0.15) is 5.56 Å². The molecule has 6 heteroatoms. The molecule has 0 bridgehead atoms. The molecule has 0 atom stereocenters. The molecule has 5 heterocycles. The summed E-state index contributed by atoms with van der Waals surface area (Å²) in [6, 6.07) is 3.91. The zero-order valence-corrected chi connectivity index (χ0v) is 9.82. The second-order valence-corrected chi connectivity index (χ2v) is 4.56. The Morgan fingerprint density at radius 1 is 1.32 bits per heavy atom. The Morgan fingerprint density at radius 2 is 2.32 bits per heavy atom. The number of aromatic nitrogens is 5. The van der Waals surface area contributed by atoms with Gasteiger partial charge in [-0.05, 0) is 12.1 Å². The molecule has 4 aromatic heterocycles. The van der Waals surface area contributed by atoms with E-state index in [0.29, 0.717) is 11.5 Å². The van der Waals surface area contributed by atoms with E-state index in [1.807, 2.05) is 28.9 Å². The molecule has 1 aliphatic heterocycles. The van der Waals surface area contributed by atoms with Crippen LogP contribution >= 0.6 is 0 Å². The number of fused-ring (bicyclic) bond motifs is 7. The predicted molar refractivity (Wildman–Crippen MR) is 65.3 cm³/mol. The first-order valence-corrected chi connectivity index (χ1v) is 6.00. The second kappa shape index (κ2) is 2.97. The van der Waals surface area contributed by atoms with Crippen molar-refractivity contribution in [1.82, 2.24) is 19.4 Å². The third kappa shape index (κ3) is 1.02. The fourth-order valence-electron chi connectivity index (χ4n) is 2.68. The largest absolute Gasteiger partial charge is 0.395 e. The van der Waals surface area contributed by atoms with Gasteiger partial charge in [0, 0.05) is 24.2 Å². The monoisotopic (exact) mass is 250 g/mol. The predicted octanol–water partition coefficient (Wildman–Crippen LogP) is 1.19. The van der Waals surface area contributed by atoms with Crippen LogP contribution in [0.2, 0.25) is 0 Å². The molecular formula is C13H8N5O+. The van der Waals surface area contributed by atoms with Crippen molar-refractivity contribution in [2.45, 2.75) is 6.54 Å². The van der Waals surface area contributed by atoms with Crippen molar-refractivity contribution >= 4 is 17.1 Å². The zero-order chi connectivity index (χ0) is 12.4. The van der Waals surface area contributed by atoms with Crippen LogP contribution in [0.5, 0.6) is 0 Å². The van der Waals surface area contributed by atoms with Gasteiger partial charge in [-0.25, -0.2) is 0 Å². The van der Waals surface area contributed by atoms with Crippen LogP contribution in [0.4, 0.5) is 0 Å². The minimum Gasteiger partial charge on any atom is -0.395 e. The summed E-state index contributed by atoms with van der Waals surface area (Å²) < 4.78 is 9.93. The van der Waals surface area contributed by atoms with Gasteiger partial charge in [-0.3, -0.25) is 4.98 Å². The molecule has 5 rings (SSSR count). The summed E-state index contributed by atoms with van der Waals surface area (Å²) in [7, 11) is 0. The highest BCUT2D eigenvalue weighted by Gasteiger charge is 2.34. The molecule has 1 aliphatic rings. The lowest BCUT2D eigenvalue weighted by Gasteiger charge is -1.90. The van der Waals surface area contributed by atoms with Crippen molar-refractivity contribution < 1.29 is 8.98 Å². The van der Waals surface area contributed by atoms with Crippen LogP contribution in [0.3, 0.4) is 0 Å². The Morgan fingerprint density at radius 3 is 3.32 bits per heavy atom. The third-order valence-electron chi connectivity index (χ3n) is 3.51. The summed E-state index contributed by atoms with van der Waals surface area (Å²) in [5.74, 6) is 1.47. The van der Waals surface area contributed by atoms with Crippen molar-refractivity contribution in [3.05, 3.63) is 42.5 Å². The lowest BCUT2D eigenvalue weighted by molar-refractivity contribution is -0.651. The molecule has 0 amide bonds. The molecule has 0 saturated carbocycles. The molecule has 19 heavy (non-hydrogen) atoms. The number of pyridine rings is 1. The van der Waals surface area contributed by atoms with E-state index in [-0.39, 0.29) is 0 Å². The van der Waals surface area contributed by atoms with Gasteiger partial charge in [-0.1, -0.05) is 0 Å². The molecule has 6 nitrogen and oxygen atoms in total. The van der Waals surface area contributed by atoms with Crippen molar-refractivity contribution in [3.63, 3.8) is 0 Å². The van der Waals surface area contributed by atoms with Crippen molar-refractivity contribution in [2.75, 3.05) is 0 Å². The fourth-order valence-corrected chi connectivity index (χ4v) is 2.68. The van der Waals surface area contributed by atoms with Crippen molar-refractivity contribution in [3.8, 4) is 11.5 Å². The molecule has 0 radical (unpaired) electrons. The first-order chi connectivity index (χ1) is 9.42. The number of hydrogen-bond acceptors (Lipinski definition) is 4. The van der Waals surface area contributed by atoms with Crippen LogP contribution < -0.4 is 4.57 Å². The van der Waals surface area contributed by atoms with Gasteiger partial charge < -0.3 is 4.42 Å². The van der Waals surface area contributed by atoms with Crippen LogP contribution in [0.15, 0.2) is 41.3 Å². The summed E-state index contributed by atoms with van der Waals surface area (Å²) in [5.41, 5.74) is 3.81. The van der Waals surface area contributed by atoms with E-state index < -0.39 is 0 Å². The average molecular weight is 250 g/mol. The fraction of sp³-hybridized carbons (Fsp3) is 0.0769. The Hall–Kier alpha value is -2.76. The normalized spacial score (nSPS) is 13.1. The van der Waals surface area contributed by atoms with Gasteiger partial charge in [-0.15, -0.1) is 4.98 Å². The molecule has 0 N–H and O–H groups in total. The van der Waals surface area contributed by atoms with Crippen LogP contribution in [-0.2, 0) is 6.54 Å². The van der Waals surface area contributed by atoms with Crippen LogP contribution in [0.25, 0.3) is 28.6 Å². The molecule has 0 saturated heterocycles. The molecule has 0 unspecified atom stereocenters. The van der Waals surface area contributed by atoms with Gasteiger partial charge in [-0.2, -0.15) is 14.0 Å². The molecular weight excluding hydrogens is 242 g/mol. The average Bonchev–Trinajstić information content (AvgIpc) is 3.05. The third-order valence-corrected chi connectivity index (χ3v) is 3.51. The molecule has 0 aromatic carbocycles. The van der Waals surface area contributed by atoms with E-state index in [4.69, 9.17) is 4.42 Å². The summed E-state index contributed by atoms with van der Waals surface area (Å²) in [6.07, 6.45) is 7.31. The highest BCUT2D eigenvalue weighted by atomic mass is 16.4. The van der Waals surface area contributed by atoms with Gasteiger partial charge in [0.1, 0.15) is 12.7 Å². The van der Waals surface area contributed by atoms with E-state index in [1.54, 1.807) is 12.4 Å². The first kappa shape index (κ1) is 9.21. The Labute approximate surface area is 107 Å². The maximum atomic E-state index is 5.87. The SMILES string of the molecule is c1cnc2nc3oc4[n+](c3n2c1)Cc1ccncc1-4. The maximum absolute atomic E-state index is 5.87. The smallest absolute Gasteiger partial charge is 0.356 e. The molecule has 0 spiro atoms. The van der Waals surface area contributed by atoms with Crippen molar-refractivity contribution in [1.29, 1.82) is 0 Å². The van der Waals surface area contributed by atoms with Gasteiger partial charge >= 0.3 is 23.0 Å². The van der Waals surface area contributed by atoms with Crippen molar-refractivity contribution in [2.24, 2.45) is 0 Å². The van der Waals surface area contributed by atoms with E-state index >= 15 is 0 Å². The van der Waals surface area contributed by atoms with Gasteiger partial charge in [0.2, 0.25) is 0 Å². The standard InChI is InChI=1S/C13H8N5O/c1-3-15-13-16-10-11(17(13)5-1)18-7-8-2-4-14-6-9(8)12(18)19-10/h1-6H,7H2/q+1. The lowest BCUT2D eigenvalue weighted by Crippen LogP contribution is -2.31. The molecule has 0 aliphatic carbocycles. The number of hydrogen-bond donors (Lipinski definition) is 0. The highest BCUT2D eigenvalue weighted by Crippen LogP contribution is 2.29. The van der Waals surface area contributed by atoms with Gasteiger partial charge in [0.25, 0.3) is 0 Å². The highest BCUT2D eigenvalue weighted by molar-refractivity contribution is 5.71. The quantitative estimate of drug-likeness (QED) is 0.387. The lowest BCUT2D eigenvalue weighted by atomic mass is 10.2. The topological polar surface area (TPSA) is 60.1 Å². The van der Waals surface area contributed by atoms with E-state index in [0.717, 1.165) is 23.6 Å². The van der Waals surface area contributed by atoms with Crippen LogP contribution in [0, 0.1) is 0 Å². The minimum atomic E-state index is 0.614. The number of imidazole rings is 1. The van der Waals surface area contributed by atoms with E-state index in [2.05, 4.69) is 19.5 Å². The Kier molecular flexibility index (Phi) is 1.44. The summed E-state index contributed by atoms with van der Waals surface area (Å²) in [4.78, 5) is 12.8. The maximum Gasteiger partial charge on any atom is 0.356 e. The Balaban J connectivity index is 1.94. The number of nitrogens with zero attached hydrogens (tertiary/aromatic N) is 5. The zero-order valence-electron chi connectivity index (χ0n) is 9.82. The molecule has 0 fully saturated rings. The number of oxazole rings is 1. The molecule has 4 aromatic rings. The van der Waals surface area contributed by atoms with E-state index in [1.165, 1.54) is 5.56 Å². The summed E-state index contributed by atoms with van der Waals surface area (Å²) in [6.45, 7) is 0.781. The second-order valence-electron chi connectivity index (χ2n) is 4.56. The van der Waals surface area contributed by atoms with Gasteiger partial charge in [0.15, 0.2) is 0 Å². The van der Waals surface area contributed by atoms with E-state index in [9.17, 15) is 0 Å². The summed E-state index contributed by atoms with van der Waals surface area (Å²) >= 11 is 0. The van der Waals surface area contributed by atoms with Crippen LogP contribution in [-0.4, -0.2) is 19.4 Å². The summed E-state index contributed by atoms with van der Waals surface area (Å²) in [5, 5.41) is 0. The van der Waals surface area contributed by atoms with Gasteiger partial charge in [0.05, 0.1) is 5.56 Å². The minimum absolute atomic E-state index is 0.614.